The number of aromatic nitrogens is 1. The van der Waals surface area contributed by atoms with E-state index in [2.05, 4.69) is 33.8 Å². The predicted octanol–water partition coefficient (Wildman–Crippen LogP) is 2.31. The quantitative estimate of drug-likeness (QED) is 0.842. The summed E-state index contributed by atoms with van der Waals surface area (Å²) < 4.78 is 0. The van der Waals surface area contributed by atoms with Crippen molar-refractivity contribution in [3.63, 3.8) is 0 Å². The van der Waals surface area contributed by atoms with E-state index in [-0.39, 0.29) is 5.56 Å². The fourth-order valence-electron chi connectivity index (χ4n) is 3.16. The third kappa shape index (κ3) is 3.27. The molecule has 1 aromatic carbocycles. The number of hydrogen-bond acceptors (Lipinski definition) is 5. The minimum Gasteiger partial charge on any atom is -0.478 e. The number of pyridine rings is 1. The van der Waals surface area contributed by atoms with Crippen molar-refractivity contribution >= 4 is 23.2 Å². The van der Waals surface area contributed by atoms with E-state index in [0.29, 0.717) is 5.69 Å². The molecule has 0 saturated carbocycles. The SMILES string of the molecule is Cc1cc(C)nc(N2CCN(c3ccc(N)cc3C(=O)O)CC2)c1. The molecule has 3 rings (SSSR count). The van der Waals surface area contributed by atoms with Crippen LogP contribution in [0.4, 0.5) is 17.2 Å². The van der Waals surface area contributed by atoms with Crippen molar-refractivity contribution in [1.29, 1.82) is 0 Å². The van der Waals surface area contributed by atoms with Crippen molar-refractivity contribution in [2.24, 2.45) is 0 Å². The summed E-state index contributed by atoms with van der Waals surface area (Å²) in [6, 6.07) is 9.22. The zero-order chi connectivity index (χ0) is 17.3. The minimum absolute atomic E-state index is 0.257. The summed E-state index contributed by atoms with van der Waals surface area (Å²) >= 11 is 0. The van der Waals surface area contributed by atoms with Crippen molar-refractivity contribution in [3.8, 4) is 0 Å². The Kier molecular flexibility index (Phi) is 4.29. The van der Waals surface area contributed by atoms with Gasteiger partial charge in [0.25, 0.3) is 0 Å². The number of nitrogen functional groups attached to an aromatic ring is 1. The summed E-state index contributed by atoms with van der Waals surface area (Å²) in [5.74, 6) is 0.0404. The smallest absolute Gasteiger partial charge is 0.337 e. The minimum atomic E-state index is -0.948. The largest absolute Gasteiger partial charge is 0.478 e. The fourth-order valence-corrected chi connectivity index (χ4v) is 3.16. The lowest BCUT2D eigenvalue weighted by Crippen LogP contribution is -2.47. The van der Waals surface area contributed by atoms with Gasteiger partial charge in [0.2, 0.25) is 0 Å². The number of anilines is 3. The van der Waals surface area contributed by atoms with E-state index in [9.17, 15) is 9.90 Å². The van der Waals surface area contributed by atoms with Gasteiger partial charge in [-0.05, 0) is 49.7 Å². The Morgan fingerprint density at radius 1 is 1.08 bits per heavy atom. The number of piperazine rings is 1. The highest BCUT2D eigenvalue weighted by atomic mass is 16.4. The molecule has 126 valence electrons. The molecule has 3 N–H and O–H groups in total. The first-order chi connectivity index (χ1) is 11.4. The van der Waals surface area contributed by atoms with E-state index in [1.807, 2.05) is 6.92 Å². The van der Waals surface area contributed by atoms with Gasteiger partial charge >= 0.3 is 5.97 Å². The molecule has 1 aliphatic rings. The molecular weight excluding hydrogens is 304 g/mol. The van der Waals surface area contributed by atoms with Gasteiger partial charge in [0, 0.05) is 37.6 Å². The molecule has 0 radical (unpaired) electrons. The van der Waals surface area contributed by atoms with E-state index in [1.165, 1.54) is 11.6 Å². The Labute approximate surface area is 141 Å². The Morgan fingerprint density at radius 3 is 2.38 bits per heavy atom. The Hall–Kier alpha value is -2.76. The first-order valence-electron chi connectivity index (χ1n) is 8.02. The van der Waals surface area contributed by atoms with Crippen LogP contribution in [0.2, 0.25) is 0 Å². The highest BCUT2D eigenvalue weighted by Crippen LogP contribution is 2.25. The lowest BCUT2D eigenvalue weighted by molar-refractivity contribution is 0.0697. The molecule has 6 heteroatoms. The second kappa shape index (κ2) is 6.39. The molecule has 0 amide bonds. The molecule has 0 bridgehead atoms. The summed E-state index contributed by atoms with van der Waals surface area (Å²) in [5.41, 5.74) is 9.39. The van der Waals surface area contributed by atoms with Crippen LogP contribution in [0.15, 0.2) is 30.3 Å². The first kappa shape index (κ1) is 16.1. The van der Waals surface area contributed by atoms with E-state index >= 15 is 0 Å². The van der Waals surface area contributed by atoms with Crippen LogP contribution in [-0.4, -0.2) is 42.2 Å². The van der Waals surface area contributed by atoms with E-state index in [0.717, 1.165) is 43.4 Å². The topological polar surface area (TPSA) is 82.7 Å². The number of carbonyl (C=O) groups is 1. The van der Waals surface area contributed by atoms with Crippen molar-refractivity contribution < 1.29 is 9.90 Å². The Balaban J connectivity index is 1.77. The van der Waals surface area contributed by atoms with Crippen molar-refractivity contribution in [2.75, 3.05) is 41.7 Å². The second-order valence-electron chi connectivity index (χ2n) is 6.20. The van der Waals surface area contributed by atoms with Gasteiger partial charge in [0.05, 0.1) is 11.3 Å². The number of aromatic carboxylic acids is 1. The Bertz CT molecular complexity index is 747. The fraction of sp³-hybridized carbons (Fsp3) is 0.333. The molecule has 24 heavy (non-hydrogen) atoms. The molecule has 2 aromatic rings. The first-order valence-corrected chi connectivity index (χ1v) is 8.02. The molecule has 6 nitrogen and oxygen atoms in total. The molecule has 1 aliphatic heterocycles. The summed E-state index contributed by atoms with van der Waals surface area (Å²) in [7, 11) is 0. The maximum atomic E-state index is 11.5. The number of hydrogen-bond donors (Lipinski definition) is 2. The zero-order valence-corrected chi connectivity index (χ0v) is 14.0. The van der Waals surface area contributed by atoms with E-state index < -0.39 is 5.97 Å². The summed E-state index contributed by atoms with van der Waals surface area (Å²) in [6.45, 7) is 7.18. The molecule has 2 heterocycles. The second-order valence-corrected chi connectivity index (χ2v) is 6.20. The van der Waals surface area contributed by atoms with Gasteiger partial charge in [-0.1, -0.05) is 0 Å². The van der Waals surface area contributed by atoms with Gasteiger partial charge in [0.1, 0.15) is 5.82 Å². The average molecular weight is 326 g/mol. The maximum absolute atomic E-state index is 11.5. The monoisotopic (exact) mass is 326 g/mol. The van der Waals surface area contributed by atoms with Crippen LogP contribution in [0.1, 0.15) is 21.6 Å². The number of aryl methyl sites for hydroxylation is 2. The predicted molar refractivity (Wildman–Crippen MR) is 96.0 cm³/mol. The number of carboxylic acid groups (broad SMARTS) is 1. The number of rotatable bonds is 3. The van der Waals surface area contributed by atoms with Gasteiger partial charge in [-0.2, -0.15) is 0 Å². The number of benzene rings is 1. The van der Waals surface area contributed by atoms with Crippen molar-refractivity contribution in [1.82, 2.24) is 4.98 Å². The third-order valence-corrected chi connectivity index (χ3v) is 4.28. The van der Waals surface area contributed by atoms with Crippen molar-refractivity contribution in [2.45, 2.75) is 13.8 Å². The summed E-state index contributed by atoms with van der Waals surface area (Å²) in [4.78, 5) is 20.4. The average Bonchev–Trinajstić information content (AvgIpc) is 2.54. The van der Waals surface area contributed by atoms with Gasteiger partial charge < -0.3 is 20.6 Å². The van der Waals surface area contributed by atoms with Gasteiger partial charge in [-0.25, -0.2) is 9.78 Å². The molecular formula is C18H22N4O2. The summed E-state index contributed by atoms with van der Waals surface area (Å²) in [6.07, 6.45) is 0. The van der Waals surface area contributed by atoms with E-state index in [4.69, 9.17) is 5.73 Å². The van der Waals surface area contributed by atoms with Gasteiger partial charge in [0.15, 0.2) is 0 Å². The summed E-state index contributed by atoms with van der Waals surface area (Å²) in [5, 5.41) is 9.41. The highest BCUT2D eigenvalue weighted by Gasteiger charge is 2.22. The molecule has 0 spiro atoms. The van der Waals surface area contributed by atoms with Gasteiger partial charge in [-0.3, -0.25) is 0 Å². The standard InChI is InChI=1S/C18H22N4O2/c1-12-9-13(2)20-17(10-12)22-7-5-21(6-8-22)16-4-3-14(19)11-15(16)18(23)24/h3-4,9-11H,5-8,19H2,1-2H3,(H,23,24). The normalized spacial score (nSPS) is 14.8. The van der Waals surface area contributed by atoms with Crippen LogP contribution in [0, 0.1) is 13.8 Å². The third-order valence-electron chi connectivity index (χ3n) is 4.28. The van der Waals surface area contributed by atoms with Crippen LogP contribution in [0.5, 0.6) is 0 Å². The number of nitrogens with zero attached hydrogens (tertiary/aromatic N) is 3. The van der Waals surface area contributed by atoms with Crippen LogP contribution in [-0.2, 0) is 0 Å². The maximum Gasteiger partial charge on any atom is 0.337 e. The lowest BCUT2D eigenvalue weighted by atomic mass is 10.1. The van der Waals surface area contributed by atoms with E-state index in [1.54, 1.807) is 12.1 Å². The van der Waals surface area contributed by atoms with Gasteiger partial charge in [-0.15, -0.1) is 0 Å². The number of carboxylic acids is 1. The highest BCUT2D eigenvalue weighted by molar-refractivity contribution is 5.95. The number of nitrogens with two attached hydrogens (primary N) is 1. The van der Waals surface area contributed by atoms with Crippen LogP contribution < -0.4 is 15.5 Å². The molecule has 0 atom stereocenters. The van der Waals surface area contributed by atoms with Crippen LogP contribution in [0.3, 0.4) is 0 Å². The van der Waals surface area contributed by atoms with Crippen LogP contribution in [0.25, 0.3) is 0 Å². The molecule has 1 fully saturated rings. The Morgan fingerprint density at radius 2 is 1.75 bits per heavy atom. The zero-order valence-electron chi connectivity index (χ0n) is 14.0. The van der Waals surface area contributed by atoms with Crippen LogP contribution >= 0.6 is 0 Å². The van der Waals surface area contributed by atoms with Crippen molar-refractivity contribution in [3.05, 3.63) is 47.2 Å². The molecule has 1 saturated heterocycles. The molecule has 0 aliphatic carbocycles. The molecule has 1 aromatic heterocycles. The molecule has 0 unspecified atom stereocenters. The lowest BCUT2D eigenvalue weighted by Gasteiger charge is -2.37.